The lowest BCUT2D eigenvalue weighted by atomic mass is 9.76. The average Bonchev–Trinajstić information content (AvgIpc) is 2.24. The van der Waals surface area contributed by atoms with Gasteiger partial charge < -0.3 is 4.90 Å². The highest BCUT2D eigenvalue weighted by molar-refractivity contribution is 5.79. The molecule has 0 atom stereocenters. The minimum atomic E-state index is 0.128. The zero-order chi connectivity index (χ0) is 14.6. The van der Waals surface area contributed by atoms with Crippen LogP contribution < -0.4 is 0 Å². The van der Waals surface area contributed by atoms with Crippen LogP contribution in [0.2, 0.25) is 0 Å². The minimum absolute atomic E-state index is 0.128. The molecular weight excluding hydrogens is 234 g/mol. The molecule has 0 aromatic heterocycles. The van der Waals surface area contributed by atoms with E-state index in [0.717, 1.165) is 16.7 Å². The summed E-state index contributed by atoms with van der Waals surface area (Å²) in [5, 5.41) is 0. The van der Waals surface area contributed by atoms with E-state index in [4.69, 9.17) is 0 Å². The summed E-state index contributed by atoms with van der Waals surface area (Å²) >= 11 is 0. The van der Waals surface area contributed by atoms with E-state index in [1.54, 1.807) is 19.0 Å². The monoisotopic (exact) mass is 261 g/mol. The highest BCUT2D eigenvalue weighted by atomic mass is 16.2. The van der Waals surface area contributed by atoms with Gasteiger partial charge in [0.25, 0.3) is 0 Å². The van der Waals surface area contributed by atoms with Crippen molar-refractivity contribution in [3.63, 3.8) is 0 Å². The van der Waals surface area contributed by atoms with E-state index in [9.17, 15) is 4.79 Å². The van der Waals surface area contributed by atoms with Gasteiger partial charge in [-0.1, -0.05) is 45.1 Å². The van der Waals surface area contributed by atoms with Crippen molar-refractivity contribution in [1.29, 1.82) is 0 Å². The number of carbonyl (C=O) groups is 1. The molecule has 0 aliphatic heterocycles. The standard InChI is InChI=1S/C17H27NO/c1-12(2)13(3)10-16(11-17(19)18(5)6)14(4)15-8-7-9-15/h10,12,15H,3-4,7-9,11H2,1-2,5-6H3/b16-10-. The third-order valence-electron chi connectivity index (χ3n) is 3.95. The fourth-order valence-electron chi connectivity index (χ4n) is 1.99. The maximum absolute atomic E-state index is 12.0. The second-order valence-corrected chi connectivity index (χ2v) is 6.02. The molecule has 0 aromatic carbocycles. The predicted molar refractivity (Wildman–Crippen MR) is 81.9 cm³/mol. The molecule has 0 unspecified atom stereocenters. The number of nitrogens with zero attached hydrogens (tertiary/aromatic N) is 1. The smallest absolute Gasteiger partial charge is 0.226 e. The van der Waals surface area contributed by atoms with Crippen LogP contribution in [0.25, 0.3) is 0 Å². The molecule has 2 nitrogen and oxygen atoms in total. The molecule has 0 radical (unpaired) electrons. The van der Waals surface area contributed by atoms with Crippen LogP contribution in [0.1, 0.15) is 39.5 Å². The van der Waals surface area contributed by atoms with Crippen LogP contribution in [0.15, 0.2) is 36.0 Å². The van der Waals surface area contributed by atoms with Gasteiger partial charge in [-0.05, 0) is 35.8 Å². The fourth-order valence-corrected chi connectivity index (χ4v) is 1.99. The first kappa shape index (κ1) is 15.7. The Hall–Kier alpha value is -1.31. The minimum Gasteiger partial charge on any atom is -0.349 e. The van der Waals surface area contributed by atoms with Crippen molar-refractivity contribution in [2.45, 2.75) is 39.5 Å². The van der Waals surface area contributed by atoms with Crippen LogP contribution in [0.4, 0.5) is 0 Å². The molecule has 1 aliphatic rings. The third kappa shape index (κ3) is 4.38. The van der Waals surface area contributed by atoms with Gasteiger partial charge in [0.15, 0.2) is 0 Å². The van der Waals surface area contributed by atoms with Gasteiger partial charge in [0.1, 0.15) is 0 Å². The van der Waals surface area contributed by atoms with Crippen molar-refractivity contribution in [2.24, 2.45) is 11.8 Å². The van der Waals surface area contributed by atoms with Gasteiger partial charge in [0.2, 0.25) is 5.91 Å². The lowest BCUT2D eigenvalue weighted by molar-refractivity contribution is -0.127. The summed E-state index contributed by atoms with van der Waals surface area (Å²) in [4.78, 5) is 13.6. The fraction of sp³-hybridized carbons (Fsp3) is 0.588. The van der Waals surface area contributed by atoms with Gasteiger partial charge in [-0.15, -0.1) is 0 Å². The zero-order valence-electron chi connectivity index (χ0n) is 12.8. The highest BCUT2D eigenvalue weighted by Crippen LogP contribution is 2.37. The number of allylic oxidation sites excluding steroid dienone is 3. The quantitative estimate of drug-likeness (QED) is 0.663. The maximum atomic E-state index is 12.0. The average molecular weight is 261 g/mol. The molecule has 2 heteroatoms. The van der Waals surface area contributed by atoms with E-state index in [1.807, 2.05) is 0 Å². The van der Waals surface area contributed by atoms with Gasteiger partial charge in [-0.25, -0.2) is 0 Å². The summed E-state index contributed by atoms with van der Waals surface area (Å²) in [6.07, 6.45) is 6.21. The van der Waals surface area contributed by atoms with Crippen molar-refractivity contribution in [3.05, 3.63) is 36.0 Å². The van der Waals surface area contributed by atoms with Crippen LogP contribution in [-0.2, 0) is 4.79 Å². The van der Waals surface area contributed by atoms with E-state index in [0.29, 0.717) is 18.3 Å². The van der Waals surface area contributed by atoms with E-state index >= 15 is 0 Å². The maximum Gasteiger partial charge on any atom is 0.226 e. The summed E-state index contributed by atoms with van der Waals surface area (Å²) in [6.45, 7) is 12.6. The molecule has 0 aromatic rings. The molecule has 1 fully saturated rings. The van der Waals surface area contributed by atoms with Crippen LogP contribution in [0.5, 0.6) is 0 Å². The number of amides is 1. The summed E-state index contributed by atoms with van der Waals surface area (Å²) < 4.78 is 0. The lowest BCUT2D eigenvalue weighted by Gasteiger charge is -2.29. The molecule has 106 valence electrons. The predicted octanol–water partition coefficient (Wildman–Crippen LogP) is 3.96. The molecule has 1 aliphatic carbocycles. The largest absolute Gasteiger partial charge is 0.349 e. The summed E-state index contributed by atoms with van der Waals surface area (Å²) in [7, 11) is 3.59. The van der Waals surface area contributed by atoms with Crippen molar-refractivity contribution < 1.29 is 4.79 Å². The Morgan fingerprint density at radius 2 is 1.89 bits per heavy atom. The van der Waals surface area contributed by atoms with E-state index in [-0.39, 0.29) is 5.91 Å². The SMILES string of the molecule is C=C(/C=C(/CC(=O)N(C)C)C(=C)C1CCC1)C(C)C. The summed E-state index contributed by atoms with van der Waals surface area (Å²) in [5.74, 6) is 1.10. The summed E-state index contributed by atoms with van der Waals surface area (Å²) in [5.41, 5.74) is 3.28. The molecule has 0 spiro atoms. The van der Waals surface area contributed by atoms with Crippen molar-refractivity contribution in [3.8, 4) is 0 Å². The second-order valence-electron chi connectivity index (χ2n) is 6.02. The van der Waals surface area contributed by atoms with Gasteiger partial charge in [-0.3, -0.25) is 4.79 Å². The Kier molecular flexibility index (Phi) is 5.59. The molecule has 0 heterocycles. The molecule has 1 rings (SSSR count). The highest BCUT2D eigenvalue weighted by Gasteiger charge is 2.24. The van der Waals surface area contributed by atoms with Crippen LogP contribution in [-0.4, -0.2) is 24.9 Å². The molecular formula is C17H27NO. The zero-order valence-corrected chi connectivity index (χ0v) is 12.8. The molecule has 0 saturated heterocycles. The van der Waals surface area contributed by atoms with E-state index in [1.165, 1.54) is 19.3 Å². The Labute approximate surface area is 117 Å². The lowest BCUT2D eigenvalue weighted by Crippen LogP contribution is -2.23. The molecule has 19 heavy (non-hydrogen) atoms. The van der Waals surface area contributed by atoms with Gasteiger partial charge in [0, 0.05) is 14.1 Å². The van der Waals surface area contributed by atoms with Gasteiger partial charge >= 0.3 is 0 Å². The number of hydrogen-bond donors (Lipinski definition) is 0. The summed E-state index contributed by atoms with van der Waals surface area (Å²) in [6, 6.07) is 0. The number of hydrogen-bond acceptors (Lipinski definition) is 1. The van der Waals surface area contributed by atoms with Gasteiger partial charge in [0.05, 0.1) is 6.42 Å². The van der Waals surface area contributed by atoms with Crippen LogP contribution in [0, 0.1) is 11.8 Å². The Morgan fingerprint density at radius 3 is 2.26 bits per heavy atom. The second kappa shape index (κ2) is 6.74. The topological polar surface area (TPSA) is 20.3 Å². The number of rotatable bonds is 6. The Bertz CT molecular complexity index is 397. The first-order chi connectivity index (χ1) is 8.82. The van der Waals surface area contributed by atoms with Crippen molar-refractivity contribution in [2.75, 3.05) is 14.1 Å². The van der Waals surface area contributed by atoms with Crippen molar-refractivity contribution >= 4 is 5.91 Å². The normalized spacial score (nSPS) is 16.2. The molecule has 1 amide bonds. The molecule has 0 bridgehead atoms. The third-order valence-corrected chi connectivity index (χ3v) is 3.95. The first-order valence-electron chi connectivity index (χ1n) is 7.11. The number of carbonyl (C=O) groups excluding carboxylic acids is 1. The van der Waals surface area contributed by atoms with Gasteiger partial charge in [-0.2, -0.15) is 0 Å². The van der Waals surface area contributed by atoms with Crippen LogP contribution in [0.3, 0.4) is 0 Å². The van der Waals surface area contributed by atoms with Crippen molar-refractivity contribution in [1.82, 2.24) is 4.90 Å². The molecule has 1 saturated carbocycles. The molecule has 0 N–H and O–H groups in total. The van der Waals surface area contributed by atoms with Crippen LogP contribution >= 0.6 is 0 Å². The Morgan fingerprint density at radius 1 is 1.32 bits per heavy atom. The van der Waals surface area contributed by atoms with E-state index in [2.05, 4.69) is 33.1 Å². The van der Waals surface area contributed by atoms with E-state index < -0.39 is 0 Å². The first-order valence-corrected chi connectivity index (χ1v) is 7.11. The Balaban J connectivity index is 2.86.